The van der Waals surface area contributed by atoms with Gasteiger partial charge in [0.25, 0.3) is 0 Å². The van der Waals surface area contributed by atoms with Gasteiger partial charge < -0.3 is 14.8 Å². The van der Waals surface area contributed by atoms with Crippen molar-refractivity contribution in [2.45, 2.75) is 12.1 Å². The number of amides is 1. The second-order valence-corrected chi connectivity index (χ2v) is 6.83. The molecule has 1 heterocycles. The van der Waals surface area contributed by atoms with E-state index in [1.807, 2.05) is 0 Å². The van der Waals surface area contributed by atoms with Crippen molar-refractivity contribution in [3.05, 3.63) is 48.0 Å². The van der Waals surface area contributed by atoms with Crippen LogP contribution < -0.4 is 14.8 Å². The zero-order valence-electron chi connectivity index (χ0n) is 16.1. The number of ether oxygens (including phenoxy) is 2. The Morgan fingerprint density at radius 1 is 1.07 bits per heavy atom. The van der Waals surface area contributed by atoms with E-state index in [-0.39, 0.29) is 17.4 Å². The number of Topliss-reactive ketones (excluding diaryl/α,β-unsaturated/α-hetero) is 1. The highest BCUT2D eigenvalue weighted by Gasteiger charge is 2.15. The average Bonchev–Trinajstić information content (AvgIpc) is 3.20. The van der Waals surface area contributed by atoms with Crippen LogP contribution in [0, 0.1) is 0 Å². The van der Waals surface area contributed by atoms with E-state index < -0.39 is 0 Å². The summed E-state index contributed by atoms with van der Waals surface area (Å²) in [6, 6.07) is 12.0. The summed E-state index contributed by atoms with van der Waals surface area (Å²) >= 11 is 1.23. The van der Waals surface area contributed by atoms with Crippen molar-refractivity contribution in [2.75, 3.05) is 25.3 Å². The molecule has 0 fully saturated rings. The van der Waals surface area contributed by atoms with Gasteiger partial charge in [-0.05, 0) is 46.8 Å². The van der Waals surface area contributed by atoms with E-state index in [9.17, 15) is 9.59 Å². The molecule has 29 heavy (non-hydrogen) atoms. The maximum atomic E-state index is 12.5. The molecule has 150 valence electrons. The Bertz CT molecular complexity index is 1020. The van der Waals surface area contributed by atoms with Crippen LogP contribution in [0.3, 0.4) is 0 Å². The maximum absolute atomic E-state index is 12.5. The van der Waals surface area contributed by atoms with Gasteiger partial charge in [0.1, 0.15) is 0 Å². The van der Waals surface area contributed by atoms with E-state index in [0.29, 0.717) is 33.6 Å². The Kier molecular flexibility index (Phi) is 6.45. The van der Waals surface area contributed by atoms with Crippen molar-refractivity contribution in [1.82, 2.24) is 20.2 Å². The topological polar surface area (TPSA) is 108 Å². The van der Waals surface area contributed by atoms with Crippen molar-refractivity contribution in [1.29, 1.82) is 0 Å². The van der Waals surface area contributed by atoms with Crippen molar-refractivity contribution >= 4 is 29.1 Å². The van der Waals surface area contributed by atoms with Gasteiger partial charge >= 0.3 is 0 Å². The molecule has 0 aliphatic heterocycles. The standard InChI is InChI=1S/C19H19N5O4S/c1-12(25)20-14-6-4-13(5-7-14)16(26)11-29-19-21-22-23-24(19)15-8-9-17(27-2)18(10-15)28-3/h4-10H,11H2,1-3H3,(H,20,25). The Hall–Kier alpha value is -3.40. The fraction of sp³-hybridized carbons (Fsp3) is 0.211. The number of aromatic nitrogens is 4. The van der Waals surface area contributed by atoms with E-state index in [4.69, 9.17) is 9.47 Å². The van der Waals surface area contributed by atoms with Crippen LogP contribution in [0.2, 0.25) is 0 Å². The highest BCUT2D eigenvalue weighted by molar-refractivity contribution is 7.99. The Morgan fingerprint density at radius 3 is 2.45 bits per heavy atom. The van der Waals surface area contributed by atoms with Crippen molar-refractivity contribution in [3.8, 4) is 17.2 Å². The second-order valence-electron chi connectivity index (χ2n) is 5.88. The number of thioether (sulfide) groups is 1. The molecule has 0 atom stereocenters. The fourth-order valence-corrected chi connectivity index (χ4v) is 3.33. The van der Waals surface area contributed by atoms with Crippen LogP contribution in [-0.2, 0) is 4.79 Å². The molecule has 1 amide bonds. The van der Waals surface area contributed by atoms with Gasteiger partial charge in [0.2, 0.25) is 11.1 Å². The molecule has 1 N–H and O–H groups in total. The number of nitrogens with one attached hydrogen (secondary N) is 1. The van der Waals surface area contributed by atoms with Crippen LogP contribution in [0.4, 0.5) is 5.69 Å². The lowest BCUT2D eigenvalue weighted by molar-refractivity contribution is -0.114. The largest absolute Gasteiger partial charge is 0.493 e. The minimum absolute atomic E-state index is 0.0776. The molecule has 3 aromatic rings. The van der Waals surface area contributed by atoms with Crippen LogP contribution in [0.15, 0.2) is 47.6 Å². The molecule has 2 aromatic carbocycles. The van der Waals surface area contributed by atoms with E-state index in [1.165, 1.54) is 23.4 Å². The van der Waals surface area contributed by atoms with E-state index >= 15 is 0 Å². The fourth-order valence-electron chi connectivity index (χ4n) is 2.54. The molecule has 0 bridgehead atoms. The lowest BCUT2D eigenvalue weighted by atomic mass is 10.1. The number of tetrazole rings is 1. The first-order valence-corrected chi connectivity index (χ1v) is 9.55. The first kappa shape index (κ1) is 20.3. The summed E-state index contributed by atoms with van der Waals surface area (Å²) in [5, 5.41) is 14.8. The van der Waals surface area contributed by atoms with Gasteiger partial charge in [-0.2, -0.15) is 4.68 Å². The summed E-state index contributed by atoms with van der Waals surface area (Å²) < 4.78 is 12.1. The number of anilines is 1. The van der Waals surface area contributed by atoms with Gasteiger partial charge in [-0.1, -0.05) is 11.8 Å². The number of methoxy groups -OCH3 is 2. The van der Waals surface area contributed by atoms with Crippen LogP contribution in [0.5, 0.6) is 11.5 Å². The van der Waals surface area contributed by atoms with Crippen LogP contribution in [-0.4, -0.2) is 51.9 Å². The van der Waals surface area contributed by atoms with Gasteiger partial charge in [-0.3, -0.25) is 9.59 Å². The number of hydrogen-bond acceptors (Lipinski definition) is 8. The molecule has 0 unspecified atom stereocenters. The molecule has 0 aliphatic carbocycles. The highest BCUT2D eigenvalue weighted by Crippen LogP contribution is 2.30. The number of nitrogens with zero attached hydrogens (tertiary/aromatic N) is 4. The SMILES string of the molecule is COc1ccc(-n2nnnc2SCC(=O)c2ccc(NC(C)=O)cc2)cc1OC. The van der Waals surface area contributed by atoms with Gasteiger partial charge in [-0.25, -0.2) is 0 Å². The Balaban J connectivity index is 1.70. The first-order valence-electron chi connectivity index (χ1n) is 8.56. The molecule has 3 rings (SSSR count). The van der Waals surface area contributed by atoms with Gasteiger partial charge in [-0.15, -0.1) is 5.10 Å². The van der Waals surface area contributed by atoms with E-state index in [1.54, 1.807) is 56.7 Å². The summed E-state index contributed by atoms with van der Waals surface area (Å²) in [7, 11) is 3.11. The van der Waals surface area contributed by atoms with Crippen molar-refractivity contribution in [2.24, 2.45) is 0 Å². The van der Waals surface area contributed by atoms with Crippen molar-refractivity contribution < 1.29 is 19.1 Å². The lowest BCUT2D eigenvalue weighted by Crippen LogP contribution is -2.07. The predicted molar refractivity (Wildman–Crippen MR) is 108 cm³/mol. The minimum Gasteiger partial charge on any atom is -0.493 e. The monoisotopic (exact) mass is 413 g/mol. The summed E-state index contributed by atoms with van der Waals surface area (Å²) in [4.78, 5) is 23.6. The van der Waals surface area contributed by atoms with E-state index in [2.05, 4.69) is 20.8 Å². The molecule has 10 heteroatoms. The number of carbonyl (C=O) groups excluding carboxylic acids is 2. The normalized spacial score (nSPS) is 10.4. The molecule has 9 nitrogen and oxygen atoms in total. The zero-order chi connectivity index (χ0) is 20.8. The average molecular weight is 413 g/mol. The third-order valence-corrected chi connectivity index (χ3v) is 4.83. The molecular weight excluding hydrogens is 394 g/mol. The first-order chi connectivity index (χ1) is 14.0. The summed E-state index contributed by atoms with van der Waals surface area (Å²) in [6.07, 6.45) is 0. The number of ketones is 1. The summed E-state index contributed by atoms with van der Waals surface area (Å²) in [6.45, 7) is 1.43. The summed E-state index contributed by atoms with van der Waals surface area (Å²) in [5.41, 5.74) is 1.86. The van der Waals surface area contributed by atoms with E-state index in [0.717, 1.165) is 0 Å². The smallest absolute Gasteiger partial charge is 0.221 e. The van der Waals surface area contributed by atoms with Crippen LogP contribution >= 0.6 is 11.8 Å². The number of benzene rings is 2. The van der Waals surface area contributed by atoms with Gasteiger partial charge in [0, 0.05) is 24.2 Å². The summed E-state index contributed by atoms with van der Waals surface area (Å²) in [5.74, 6) is 1.06. The highest BCUT2D eigenvalue weighted by atomic mass is 32.2. The lowest BCUT2D eigenvalue weighted by Gasteiger charge is -2.10. The molecule has 1 aromatic heterocycles. The molecule has 0 saturated heterocycles. The van der Waals surface area contributed by atoms with Crippen LogP contribution in [0.1, 0.15) is 17.3 Å². The quantitative estimate of drug-likeness (QED) is 0.443. The maximum Gasteiger partial charge on any atom is 0.221 e. The van der Waals surface area contributed by atoms with Gasteiger partial charge in [0.05, 0.1) is 25.7 Å². The molecule has 0 radical (unpaired) electrons. The number of hydrogen-bond donors (Lipinski definition) is 1. The number of rotatable bonds is 8. The van der Waals surface area contributed by atoms with Gasteiger partial charge in [0.15, 0.2) is 17.3 Å². The third kappa shape index (κ3) is 4.91. The third-order valence-electron chi connectivity index (χ3n) is 3.91. The number of carbonyl (C=O) groups is 2. The minimum atomic E-state index is -0.165. The zero-order valence-corrected chi connectivity index (χ0v) is 16.9. The molecule has 0 aliphatic rings. The second kappa shape index (κ2) is 9.20. The van der Waals surface area contributed by atoms with Crippen molar-refractivity contribution in [3.63, 3.8) is 0 Å². The Labute approximate surface area is 171 Å². The molecule has 0 spiro atoms. The predicted octanol–water partition coefficient (Wildman–Crippen LogP) is 2.61. The Morgan fingerprint density at radius 2 is 1.79 bits per heavy atom. The van der Waals surface area contributed by atoms with Crippen LogP contribution in [0.25, 0.3) is 5.69 Å². The molecular formula is C19H19N5O4S. The molecule has 0 saturated carbocycles.